The highest BCUT2D eigenvalue weighted by molar-refractivity contribution is 7.92. The second-order valence-corrected chi connectivity index (χ2v) is 20.1. The number of sulfonamides is 1. The summed E-state index contributed by atoms with van der Waals surface area (Å²) in [6, 6.07) is 24.7. The van der Waals surface area contributed by atoms with Crippen LogP contribution >= 0.6 is 22.7 Å². The van der Waals surface area contributed by atoms with Crippen LogP contribution in [0.25, 0.3) is 10.2 Å². The quantitative estimate of drug-likeness (QED) is 0.0896. The molecule has 0 atom stereocenters. The van der Waals surface area contributed by atoms with Crippen molar-refractivity contribution in [3.8, 4) is 0 Å². The Bertz CT molecular complexity index is 2780. The molecule has 1 aliphatic heterocycles. The number of benzene rings is 4. The Morgan fingerprint density at radius 3 is 2.36 bits per heavy atom. The molecule has 61 heavy (non-hydrogen) atoms. The van der Waals surface area contributed by atoms with Gasteiger partial charge >= 0.3 is 5.51 Å². The molecule has 3 heterocycles. The Morgan fingerprint density at radius 1 is 0.869 bits per heavy atom. The third kappa shape index (κ3) is 9.88. The molecule has 1 aliphatic rings. The molecular formula is C41H40F3N7O6S4. The number of nitrogens with one attached hydrogen (secondary N) is 3. The number of sulfone groups is 1. The monoisotopic (exact) mass is 911 g/mol. The van der Waals surface area contributed by atoms with E-state index in [1.54, 1.807) is 20.2 Å². The highest BCUT2D eigenvalue weighted by atomic mass is 32.2. The summed E-state index contributed by atoms with van der Waals surface area (Å²) >= 11 is 2.54. The van der Waals surface area contributed by atoms with E-state index in [2.05, 4.69) is 20.6 Å². The fourth-order valence-corrected chi connectivity index (χ4v) is 10.7. The van der Waals surface area contributed by atoms with Crippen molar-refractivity contribution in [3.63, 3.8) is 0 Å². The summed E-state index contributed by atoms with van der Waals surface area (Å²) in [4.78, 5) is 38.8. The van der Waals surface area contributed by atoms with Crippen molar-refractivity contribution in [2.75, 3.05) is 49.3 Å². The van der Waals surface area contributed by atoms with Crippen molar-refractivity contribution >= 4 is 80.5 Å². The summed E-state index contributed by atoms with van der Waals surface area (Å²) in [5, 5.41) is 6.42. The maximum absolute atomic E-state index is 13.9. The number of aryl methyl sites for hydroxylation is 2. The number of hydrogen-bond acceptors (Lipinski definition) is 13. The topological polar surface area (TPSA) is 171 Å². The van der Waals surface area contributed by atoms with Crippen LogP contribution in [0.1, 0.15) is 48.8 Å². The van der Waals surface area contributed by atoms with Gasteiger partial charge in [-0.15, -0.1) is 11.3 Å². The molecule has 2 amide bonds. The molecule has 3 N–H and O–H groups in total. The maximum atomic E-state index is 13.9. The number of thiazole rings is 2. The lowest BCUT2D eigenvalue weighted by molar-refractivity contribution is -0.0435. The second-order valence-electron chi connectivity index (χ2n) is 14.4. The summed E-state index contributed by atoms with van der Waals surface area (Å²) in [5.74, 6) is -1.49. The number of carbonyl (C=O) groups is 2. The molecule has 4 aromatic carbocycles. The van der Waals surface area contributed by atoms with Gasteiger partial charge in [0, 0.05) is 30.1 Å². The highest BCUT2D eigenvalue weighted by Gasteiger charge is 2.48. The van der Waals surface area contributed by atoms with Crippen molar-refractivity contribution < 1.29 is 39.6 Å². The number of nitrogens with zero attached hydrogens (tertiary/aromatic N) is 4. The molecule has 2 aromatic heterocycles. The third-order valence-corrected chi connectivity index (χ3v) is 14.9. The van der Waals surface area contributed by atoms with E-state index in [4.69, 9.17) is 0 Å². The van der Waals surface area contributed by atoms with Crippen LogP contribution in [-0.4, -0.2) is 82.8 Å². The van der Waals surface area contributed by atoms with Gasteiger partial charge in [-0.2, -0.15) is 13.2 Å². The van der Waals surface area contributed by atoms with Crippen LogP contribution < -0.4 is 20.3 Å². The Labute approximate surface area is 358 Å². The molecule has 0 fully saturated rings. The Kier molecular flexibility index (Phi) is 12.8. The zero-order valence-corrected chi connectivity index (χ0v) is 36.1. The van der Waals surface area contributed by atoms with Crippen molar-refractivity contribution in [2.24, 2.45) is 0 Å². The van der Waals surface area contributed by atoms with Crippen LogP contribution in [0.2, 0.25) is 0 Å². The smallest absolute Gasteiger partial charge is 0.384 e. The van der Waals surface area contributed by atoms with Gasteiger partial charge in [0.15, 0.2) is 10.3 Å². The first-order chi connectivity index (χ1) is 29.0. The molecule has 0 saturated carbocycles. The number of hydrogen-bond donors (Lipinski definition) is 3. The molecule has 0 bridgehead atoms. The maximum Gasteiger partial charge on any atom is 0.501 e. The van der Waals surface area contributed by atoms with Crippen molar-refractivity contribution in [1.29, 1.82) is 0 Å². The predicted octanol–water partition coefficient (Wildman–Crippen LogP) is 7.13. The van der Waals surface area contributed by atoms with Crippen LogP contribution in [0.15, 0.2) is 101 Å². The van der Waals surface area contributed by atoms with E-state index in [0.29, 0.717) is 59.1 Å². The predicted molar refractivity (Wildman–Crippen MR) is 231 cm³/mol. The summed E-state index contributed by atoms with van der Waals surface area (Å²) in [6.07, 6.45) is 1.74. The number of amides is 2. The first-order valence-electron chi connectivity index (χ1n) is 19.0. The number of halogens is 3. The van der Waals surface area contributed by atoms with E-state index >= 15 is 0 Å². The average molecular weight is 912 g/mol. The van der Waals surface area contributed by atoms with Crippen LogP contribution in [0, 0.1) is 0 Å². The third-order valence-electron chi connectivity index (χ3n) is 9.87. The molecule has 13 nitrogen and oxygen atoms in total. The Hall–Kier alpha value is -5.41. The molecule has 6 aromatic rings. The van der Waals surface area contributed by atoms with Crippen LogP contribution in [0.5, 0.6) is 0 Å². The Balaban J connectivity index is 1.16. The SMILES string of the molecule is CN(C)CCCNc1ccc(S(=O)(=O)NC(=O)c2nc(N3CCc4cccc(C(=O)Nc5nc6ccccc6s5)c4C3)sc2CCc2ccccc2)cc1S(=O)(=O)C(F)(F)F. The van der Waals surface area contributed by atoms with Gasteiger partial charge in [-0.3, -0.25) is 14.9 Å². The Morgan fingerprint density at radius 2 is 1.62 bits per heavy atom. The van der Waals surface area contributed by atoms with E-state index in [-0.39, 0.29) is 31.1 Å². The van der Waals surface area contributed by atoms with Gasteiger partial charge in [0.25, 0.3) is 31.7 Å². The first-order valence-corrected chi connectivity index (χ1v) is 23.6. The zero-order chi connectivity index (χ0) is 43.5. The van der Waals surface area contributed by atoms with Crippen molar-refractivity contribution in [2.45, 2.75) is 47.5 Å². The van der Waals surface area contributed by atoms with E-state index in [1.807, 2.05) is 81.3 Å². The van der Waals surface area contributed by atoms with Crippen molar-refractivity contribution in [1.82, 2.24) is 19.6 Å². The minimum absolute atomic E-state index is 0.0978. The first kappa shape index (κ1) is 43.7. The number of alkyl halides is 3. The lowest BCUT2D eigenvalue weighted by Gasteiger charge is -2.29. The van der Waals surface area contributed by atoms with Gasteiger partial charge in [-0.05, 0) is 99.4 Å². The summed E-state index contributed by atoms with van der Waals surface area (Å²) in [6.45, 7) is 1.36. The number of fused-ring (bicyclic) bond motifs is 2. The molecule has 0 spiro atoms. The lowest BCUT2D eigenvalue weighted by Crippen LogP contribution is -2.33. The lowest BCUT2D eigenvalue weighted by atomic mass is 9.94. The second kappa shape index (κ2) is 17.9. The van der Waals surface area contributed by atoms with Gasteiger partial charge in [-0.25, -0.2) is 31.5 Å². The average Bonchev–Trinajstić information content (AvgIpc) is 3.85. The van der Waals surface area contributed by atoms with E-state index < -0.39 is 46.8 Å². The molecule has 0 radical (unpaired) electrons. The van der Waals surface area contributed by atoms with E-state index in [0.717, 1.165) is 39.0 Å². The highest BCUT2D eigenvalue weighted by Crippen LogP contribution is 2.37. The molecule has 7 rings (SSSR count). The van der Waals surface area contributed by atoms with E-state index in [9.17, 15) is 39.6 Å². The normalized spacial score (nSPS) is 13.3. The summed E-state index contributed by atoms with van der Waals surface area (Å²) < 4.78 is 97.1. The minimum Gasteiger partial charge on any atom is -0.384 e. The standard InChI is InChI=1S/C41H40F3N7O6S4/c1-50(2)22-9-21-45-32-18-17-28(24-35(32)60(54,55)41(42,43)44)61(56,57)49-38(53)36-34(19-16-26-10-4-3-5-11-26)59-40(47-36)51-23-20-27-12-8-13-29(30(27)25-51)37(52)48-39-46-31-14-6-7-15-33(31)58-39/h3-8,10-15,17-18,24,45H,9,16,19-23,25H2,1-2H3,(H,49,53)(H,46,48,52). The number of carbonyl (C=O) groups excluding carboxylic acids is 2. The van der Waals surface area contributed by atoms with Gasteiger partial charge in [0.1, 0.15) is 10.6 Å². The molecule has 0 unspecified atom stereocenters. The van der Waals surface area contributed by atoms with Gasteiger partial charge in [0.2, 0.25) is 0 Å². The molecule has 20 heteroatoms. The number of aromatic nitrogens is 2. The summed E-state index contributed by atoms with van der Waals surface area (Å²) in [7, 11) is -7.37. The van der Waals surface area contributed by atoms with Crippen molar-refractivity contribution in [3.05, 3.63) is 124 Å². The summed E-state index contributed by atoms with van der Waals surface area (Å²) in [5.41, 5.74) is -2.53. The fraction of sp³-hybridized carbons (Fsp3) is 0.268. The van der Waals surface area contributed by atoms with E-state index in [1.165, 1.54) is 22.7 Å². The number of anilines is 3. The van der Waals surface area contributed by atoms with Gasteiger partial charge in [0.05, 0.1) is 20.8 Å². The fourth-order valence-electron chi connectivity index (χ4n) is 6.78. The van der Waals surface area contributed by atoms with Crippen LogP contribution in [0.3, 0.4) is 0 Å². The molecule has 0 saturated heterocycles. The number of para-hydroxylation sites is 1. The molecule has 0 aliphatic carbocycles. The molecular weight excluding hydrogens is 872 g/mol. The minimum atomic E-state index is -6.02. The zero-order valence-electron chi connectivity index (χ0n) is 32.8. The van der Waals surface area contributed by atoms with Crippen LogP contribution in [-0.2, 0) is 45.7 Å². The van der Waals surface area contributed by atoms with Gasteiger partial charge in [-0.1, -0.05) is 65.9 Å². The molecule has 320 valence electrons. The largest absolute Gasteiger partial charge is 0.501 e. The van der Waals surface area contributed by atoms with Crippen LogP contribution in [0.4, 0.5) is 29.1 Å². The number of rotatable bonds is 15. The van der Waals surface area contributed by atoms with Gasteiger partial charge < -0.3 is 15.1 Å².